The van der Waals surface area contributed by atoms with Gasteiger partial charge < -0.3 is 15.0 Å². The number of ether oxygens (including phenoxy) is 1. The van der Waals surface area contributed by atoms with E-state index < -0.39 is 5.60 Å². The summed E-state index contributed by atoms with van der Waals surface area (Å²) in [5.74, 6) is 0. The Morgan fingerprint density at radius 1 is 1.24 bits per heavy atom. The highest BCUT2D eigenvalue weighted by Crippen LogP contribution is 2.35. The van der Waals surface area contributed by atoms with E-state index in [1.165, 1.54) is 25.7 Å². The van der Waals surface area contributed by atoms with E-state index in [-0.39, 0.29) is 17.6 Å². The Morgan fingerprint density at radius 2 is 1.95 bits per heavy atom. The first-order valence-electron chi connectivity index (χ1n) is 8.41. The maximum Gasteiger partial charge on any atom is 0.410 e. The average molecular weight is 296 g/mol. The monoisotopic (exact) mass is 296 g/mol. The number of amides is 1. The Labute approximate surface area is 129 Å². The summed E-state index contributed by atoms with van der Waals surface area (Å²) in [5, 5.41) is 3.61. The highest BCUT2D eigenvalue weighted by Gasteiger charge is 2.41. The van der Waals surface area contributed by atoms with E-state index in [2.05, 4.69) is 19.2 Å². The average Bonchev–Trinajstić information content (AvgIpc) is 2.36. The van der Waals surface area contributed by atoms with Gasteiger partial charge >= 0.3 is 6.09 Å². The summed E-state index contributed by atoms with van der Waals surface area (Å²) in [4.78, 5) is 14.6. The first-order valence-corrected chi connectivity index (χ1v) is 8.41. The first kappa shape index (κ1) is 16.6. The van der Waals surface area contributed by atoms with Crippen LogP contribution in [0.2, 0.25) is 0 Å². The third-order valence-corrected chi connectivity index (χ3v) is 4.56. The van der Waals surface area contributed by atoms with Crippen LogP contribution in [0.1, 0.15) is 66.7 Å². The van der Waals surface area contributed by atoms with Gasteiger partial charge in [0, 0.05) is 12.6 Å². The molecule has 0 aromatic carbocycles. The Morgan fingerprint density at radius 3 is 2.52 bits per heavy atom. The third kappa shape index (κ3) is 4.60. The van der Waals surface area contributed by atoms with Crippen LogP contribution in [0.5, 0.6) is 0 Å². The quantitative estimate of drug-likeness (QED) is 0.804. The molecule has 0 aliphatic carbocycles. The number of hydrogen-bond donors (Lipinski definition) is 1. The molecule has 0 saturated carbocycles. The molecule has 4 nitrogen and oxygen atoms in total. The standard InChI is InChI=1S/C17H32N2O2/c1-16(2,3)21-15(20)19-12-17(4,5)10-9-14(19)13-8-6-7-11-18-13/h13-14,18H,6-12H2,1-5H3. The van der Waals surface area contributed by atoms with Crippen LogP contribution in [0.4, 0.5) is 4.79 Å². The van der Waals surface area contributed by atoms with Crippen molar-refractivity contribution in [2.75, 3.05) is 13.1 Å². The second-order valence-corrected chi connectivity index (χ2v) is 8.43. The highest BCUT2D eigenvalue weighted by molar-refractivity contribution is 5.69. The zero-order valence-electron chi connectivity index (χ0n) is 14.4. The molecule has 1 N–H and O–H groups in total. The smallest absolute Gasteiger partial charge is 0.410 e. The molecule has 2 heterocycles. The molecule has 0 radical (unpaired) electrons. The molecule has 2 aliphatic heterocycles. The van der Waals surface area contributed by atoms with Crippen LogP contribution in [0, 0.1) is 5.41 Å². The summed E-state index contributed by atoms with van der Waals surface area (Å²) in [6.07, 6.45) is 5.79. The van der Waals surface area contributed by atoms with Gasteiger partial charge in [-0.1, -0.05) is 20.3 Å². The summed E-state index contributed by atoms with van der Waals surface area (Å²) >= 11 is 0. The number of nitrogens with one attached hydrogen (secondary N) is 1. The molecule has 0 aromatic heterocycles. The molecule has 0 aromatic rings. The zero-order chi connectivity index (χ0) is 15.7. The van der Waals surface area contributed by atoms with Gasteiger partial charge in [0.05, 0.1) is 6.04 Å². The topological polar surface area (TPSA) is 41.6 Å². The lowest BCUT2D eigenvalue weighted by molar-refractivity contribution is -0.0157. The molecule has 4 heteroatoms. The lowest BCUT2D eigenvalue weighted by Crippen LogP contribution is -2.59. The Kier molecular flexibility index (Phi) is 4.86. The number of carbonyl (C=O) groups excluding carboxylic acids is 1. The van der Waals surface area contributed by atoms with E-state index in [1.807, 2.05) is 25.7 Å². The van der Waals surface area contributed by atoms with Gasteiger partial charge in [-0.2, -0.15) is 0 Å². The van der Waals surface area contributed by atoms with E-state index in [9.17, 15) is 4.79 Å². The minimum atomic E-state index is -0.427. The van der Waals surface area contributed by atoms with Crippen molar-refractivity contribution in [3.63, 3.8) is 0 Å². The molecule has 2 fully saturated rings. The van der Waals surface area contributed by atoms with Crippen molar-refractivity contribution in [3.8, 4) is 0 Å². The van der Waals surface area contributed by atoms with Crippen molar-refractivity contribution in [2.45, 2.75) is 84.4 Å². The molecule has 122 valence electrons. The molecular formula is C17H32N2O2. The van der Waals surface area contributed by atoms with Gasteiger partial charge in [-0.15, -0.1) is 0 Å². The summed E-state index contributed by atoms with van der Waals surface area (Å²) < 4.78 is 5.65. The number of piperidine rings is 2. The maximum atomic E-state index is 12.6. The van der Waals surface area contributed by atoms with Crippen LogP contribution in [-0.4, -0.2) is 41.8 Å². The van der Waals surface area contributed by atoms with Crippen molar-refractivity contribution in [2.24, 2.45) is 5.41 Å². The molecule has 2 rings (SSSR count). The fraction of sp³-hybridized carbons (Fsp3) is 0.941. The molecule has 2 aliphatic rings. The van der Waals surface area contributed by atoms with Crippen LogP contribution in [0.15, 0.2) is 0 Å². The van der Waals surface area contributed by atoms with Gasteiger partial charge in [-0.25, -0.2) is 4.79 Å². The van der Waals surface area contributed by atoms with E-state index in [4.69, 9.17) is 4.74 Å². The third-order valence-electron chi connectivity index (χ3n) is 4.56. The second-order valence-electron chi connectivity index (χ2n) is 8.43. The molecular weight excluding hydrogens is 264 g/mol. The van der Waals surface area contributed by atoms with Gasteiger partial charge in [0.25, 0.3) is 0 Å². The first-order chi connectivity index (χ1) is 9.68. The molecule has 21 heavy (non-hydrogen) atoms. The summed E-state index contributed by atoms with van der Waals surface area (Å²) in [5.41, 5.74) is -0.245. The van der Waals surface area contributed by atoms with Gasteiger partial charge in [0.15, 0.2) is 0 Å². The van der Waals surface area contributed by atoms with Crippen molar-refractivity contribution in [3.05, 3.63) is 0 Å². The summed E-state index contributed by atoms with van der Waals surface area (Å²) in [7, 11) is 0. The van der Waals surface area contributed by atoms with Crippen LogP contribution < -0.4 is 5.32 Å². The molecule has 2 saturated heterocycles. The Bertz CT molecular complexity index is 367. The number of rotatable bonds is 1. The lowest BCUT2D eigenvalue weighted by Gasteiger charge is -2.47. The Hall–Kier alpha value is -0.770. The van der Waals surface area contributed by atoms with Crippen LogP contribution in [-0.2, 0) is 4.74 Å². The summed E-state index contributed by atoms with van der Waals surface area (Å²) in [6, 6.07) is 0.718. The van der Waals surface area contributed by atoms with E-state index in [0.717, 1.165) is 19.5 Å². The van der Waals surface area contributed by atoms with Crippen molar-refractivity contribution in [1.82, 2.24) is 10.2 Å². The number of carbonyl (C=O) groups is 1. The van der Waals surface area contributed by atoms with Gasteiger partial charge in [-0.3, -0.25) is 0 Å². The van der Waals surface area contributed by atoms with Crippen molar-refractivity contribution in [1.29, 1.82) is 0 Å². The maximum absolute atomic E-state index is 12.6. The van der Waals surface area contributed by atoms with E-state index in [0.29, 0.717) is 6.04 Å². The van der Waals surface area contributed by atoms with Crippen LogP contribution in [0.25, 0.3) is 0 Å². The number of nitrogens with zero attached hydrogens (tertiary/aromatic N) is 1. The number of likely N-dealkylation sites (tertiary alicyclic amines) is 1. The molecule has 2 atom stereocenters. The molecule has 2 unspecified atom stereocenters. The largest absolute Gasteiger partial charge is 0.444 e. The fourth-order valence-corrected chi connectivity index (χ4v) is 3.50. The van der Waals surface area contributed by atoms with Gasteiger partial charge in [0.1, 0.15) is 5.60 Å². The fourth-order valence-electron chi connectivity index (χ4n) is 3.50. The minimum Gasteiger partial charge on any atom is -0.444 e. The SMILES string of the molecule is CC1(C)CCC(C2CCCCN2)N(C(=O)OC(C)(C)C)C1. The van der Waals surface area contributed by atoms with Crippen molar-refractivity contribution >= 4 is 6.09 Å². The van der Waals surface area contributed by atoms with Gasteiger partial charge in [-0.05, 0) is 58.4 Å². The molecule has 0 spiro atoms. The zero-order valence-corrected chi connectivity index (χ0v) is 14.4. The minimum absolute atomic E-state index is 0.146. The second kappa shape index (κ2) is 6.15. The van der Waals surface area contributed by atoms with Crippen LogP contribution in [0.3, 0.4) is 0 Å². The molecule has 0 bridgehead atoms. The van der Waals surface area contributed by atoms with E-state index in [1.54, 1.807) is 0 Å². The number of hydrogen-bond acceptors (Lipinski definition) is 3. The lowest BCUT2D eigenvalue weighted by atomic mass is 9.78. The normalized spacial score (nSPS) is 30.0. The van der Waals surface area contributed by atoms with Gasteiger partial charge in [0.2, 0.25) is 0 Å². The summed E-state index contributed by atoms with van der Waals surface area (Å²) in [6.45, 7) is 12.2. The predicted octanol–water partition coefficient (Wildman–Crippen LogP) is 3.55. The highest BCUT2D eigenvalue weighted by atomic mass is 16.6. The van der Waals surface area contributed by atoms with Crippen molar-refractivity contribution < 1.29 is 9.53 Å². The molecule has 1 amide bonds. The Balaban J connectivity index is 2.11. The van der Waals surface area contributed by atoms with E-state index >= 15 is 0 Å². The van der Waals surface area contributed by atoms with Crippen LogP contribution >= 0.6 is 0 Å². The predicted molar refractivity (Wildman–Crippen MR) is 85.4 cm³/mol.